The van der Waals surface area contributed by atoms with E-state index in [4.69, 9.17) is 0 Å². The summed E-state index contributed by atoms with van der Waals surface area (Å²) >= 11 is 0. The molecule has 100 valence electrons. The zero-order valence-electron chi connectivity index (χ0n) is 11.1. The summed E-state index contributed by atoms with van der Waals surface area (Å²) in [6, 6.07) is 3.53. The third-order valence-corrected chi connectivity index (χ3v) is 2.88. The third-order valence-electron chi connectivity index (χ3n) is 2.88. The number of rotatable bonds is 5. The van der Waals surface area contributed by atoms with Crippen LogP contribution in [-0.4, -0.2) is 25.8 Å². The first-order valence-corrected chi connectivity index (χ1v) is 6.29. The van der Waals surface area contributed by atoms with Gasteiger partial charge in [0, 0.05) is 30.7 Å². The van der Waals surface area contributed by atoms with Gasteiger partial charge >= 0.3 is 5.97 Å². The van der Waals surface area contributed by atoms with Crippen molar-refractivity contribution in [2.45, 2.75) is 26.8 Å². The van der Waals surface area contributed by atoms with Crippen molar-refractivity contribution in [1.82, 2.24) is 14.8 Å². The number of carboxylic acids is 1. The zero-order valence-corrected chi connectivity index (χ0v) is 11.1. The molecule has 1 N–H and O–H groups in total. The van der Waals surface area contributed by atoms with E-state index < -0.39 is 5.97 Å². The maximum atomic E-state index is 11.3. The minimum atomic E-state index is -0.956. The molecule has 0 saturated heterocycles. The maximum absolute atomic E-state index is 11.3. The molecule has 0 amide bonds. The molecule has 0 spiro atoms. The summed E-state index contributed by atoms with van der Waals surface area (Å²) in [4.78, 5) is 15.2. The summed E-state index contributed by atoms with van der Waals surface area (Å²) in [6.45, 7) is 4.99. The first-order valence-electron chi connectivity index (χ1n) is 6.29. The summed E-state index contributed by atoms with van der Waals surface area (Å²) in [5.74, 6) is -0.399. The maximum Gasteiger partial charge on any atom is 0.339 e. The van der Waals surface area contributed by atoms with E-state index in [2.05, 4.69) is 23.9 Å². The van der Waals surface area contributed by atoms with Crippen LogP contribution in [0.25, 0.3) is 11.3 Å². The van der Waals surface area contributed by atoms with E-state index in [1.54, 1.807) is 35.4 Å². The van der Waals surface area contributed by atoms with Crippen LogP contribution in [-0.2, 0) is 6.54 Å². The smallest absolute Gasteiger partial charge is 0.339 e. The molecule has 2 aromatic heterocycles. The zero-order chi connectivity index (χ0) is 13.8. The lowest BCUT2D eigenvalue weighted by molar-refractivity contribution is 0.0697. The van der Waals surface area contributed by atoms with E-state index in [1.807, 2.05) is 0 Å². The third kappa shape index (κ3) is 3.19. The number of hydrogen-bond acceptors (Lipinski definition) is 3. The number of nitrogens with zero attached hydrogens (tertiary/aromatic N) is 3. The Morgan fingerprint density at radius 3 is 2.63 bits per heavy atom. The van der Waals surface area contributed by atoms with Crippen molar-refractivity contribution in [3.8, 4) is 11.3 Å². The van der Waals surface area contributed by atoms with E-state index in [1.165, 1.54) is 0 Å². The second-order valence-corrected chi connectivity index (χ2v) is 4.88. The quantitative estimate of drug-likeness (QED) is 0.896. The predicted octanol–water partition coefficient (Wildman–Crippen LogP) is 2.69. The van der Waals surface area contributed by atoms with Gasteiger partial charge in [-0.3, -0.25) is 9.67 Å². The molecule has 2 heterocycles. The van der Waals surface area contributed by atoms with Crippen molar-refractivity contribution in [3.05, 3.63) is 36.3 Å². The van der Waals surface area contributed by atoms with Crippen LogP contribution in [0.5, 0.6) is 0 Å². The van der Waals surface area contributed by atoms with Crippen molar-refractivity contribution in [3.63, 3.8) is 0 Å². The Kier molecular flexibility index (Phi) is 3.94. The van der Waals surface area contributed by atoms with Gasteiger partial charge in [-0.05, 0) is 24.5 Å². The first kappa shape index (κ1) is 13.3. The van der Waals surface area contributed by atoms with Crippen LogP contribution >= 0.6 is 0 Å². The van der Waals surface area contributed by atoms with E-state index in [0.717, 1.165) is 18.5 Å². The van der Waals surface area contributed by atoms with Gasteiger partial charge < -0.3 is 5.11 Å². The highest BCUT2D eigenvalue weighted by molar-refractivity contribution is 5.94. The van der Waals surface area contributed by atoms with Crippen LogP contribution in [0, 0.1) is 5.92 Å². The molecular weight excluding hydrogens is 242 g/mol. The highest BCUT2D eigenvalue weighted by atomic mass is 16.4. The second-order valence-electron chi connectivity index (χ2n) is 4.88. The average molecular weight is 259 g/mol. The number of carbonyl (C=O) groups is 1. The molecule has 0 aromatic carbocycles. The van der Waals surface area contributed by atoms with Crippen molar-refractivity contribution < 1.29 is 9.90 Å². The summed E-state index contributed by atoms with van der Waals surface area (Å²) in [7, 11) is 0. The molecule has 5 nitrogen and oxygen atoms in total. The molecule has 2 rings (SSSR count). The van der Waals surface area contributed by atoms with Crippen LogP contribution < -0.4 is 0 Å². The molecule has 0 unspecified atom stereocenters. The van der Waals surface area contributed by atoms with Gasteiger partial charge in [0.2, 0.25) is 0 Å². The highest BCUT2D eigenvalue weighted by Gasteiger charge is 2.16. The Bertz CT molecular complexity index is 561. The summed E-state index contributed by atoms with van der Waals surface area (Å²) in [5.41, 5.74) is 1.50. The Hall–Kier alpha value is -2.17. The SMILES string of the molecule is CC(C)CCn1cc(C(=O)O)c(-c2ccncc2)n1. The standard InChI is InChI=1S/C14H17N3O2/c1-10(2)5-8-17-9-12(14(18)19)13(16-17)11-3-6-15-7-4-11/h3-4,6-7,9-10H,5,8H2,1-2H3,(H,18,19). The van der Waals surface area contributed by atoms with Gasteiger partial charge in [-0.15, -0.1) is 0 Å². The number of carboxylic acid groups (broad SMARTS) is 1. The Morgan fingerprint density at radius 1 is 1.37 bits per heavy atom. The molecule has 0 fully saturated rings. The molecule has 0 atom stereocenters. The van der Waals surface area contributed by atoms with Gasteiger partial charge in [-0.1, -0.05) is 13.8 Å². The van der Waals surface area contributed by atoms with Crippen LogP contribution in [0.15, 0.2) is 30.7 Å². The van der Waals surface area contributed by atoms with Crippen LogP contribution in [0.4, 0.5) is 0 Å². The molecule has 0 bridgehead atoms. The lowest BCUT2D eigenvalue weighted by Crippen LogP contribution is -2.02. The molecule has 0 aliphatic heterocycles. The predicted molar refractivity (Wildman–Crippen MR) is 71.9 cm³/mol. The van der Waals surface area contributed by atoms with Gasteiger partial charge in [-0.2, -0.15) is 5.10 Å². The van der Waals surface area contributed by atoms with E-state index in [0.29, 0.717) is 11.6 Å². The number of pyridine rings is 1. The van der Waals surface area contributed by atoms with Crippen LogP contribution in [0.3, 0.4) is 0 Å². The number of aryl methyl sites for hydroxylation is 1. The van der Waals surface area contributed by atoms with Gasteiger partial charge in [0.15, 0.2) is 0 Å². The fourth-order valence-electron chi connectivity index (χ4n) is 1.81. The van der Waals surface area contributed by atoms with Crippen LogP contribution in [0.2, 0.25) is 0 Å². The largest absolute Gasteiger partial charge is 0.478 e. The van der Waals surface area contributed by atoms with Gasteiger partial charge in [0.05, 0.1) is 0 Å². The normalized spacial score (nSPS) is 10.9. The monoisotopic (exact) mass is 259 g/mol. The minimum absolute atomic E-state index is 0.231. The highest BCUT2D eigenvalue weighted by Crippen LogP contribution is 2.21. The van der Waals surface area contributed by atoms with E-state index in [9.17, 15) is 9.90 Å². The number of hydrogen-bond donors (Lipinski definition) is 1. The molecule has 0 aliphatic carbocycles. The van der Waals surface area contributed by atoms with Crippen molar-refractivity contribution in [1.29, 1.82) is 0 Å². The minimum Gasteiger partial charge on any atom is -0.478 e. The molecule has 19 heavy (non-hydrogen) atoms. The van der Waals surface area contributed by atoms with Gasteiger partial charge in [0.1, 0.15) is 11.3 Å². The lowest BCUT2D eigenvalue weighted by Gasteiger charge is -2.03. The van der Waals surface area contributed by atoms with Crippen molar-refractivity contribution in [2.24, 2.45) is 5.92 Å². The summed E-state index contributed by atoms with van der Waals surface area (Å²) in [6.07, 6.45) is 5.83. The molecule has 0 saturated carbocycles. The Labute approximate surface area is 111 Å². The Balaban J connectivity index is 2.34. The van der Waals surface area contributed by atoms with E-state index in [-0.39, 0.29) is 5.56 Å². The van der Waals surface area contributed by atoms with Crippen molar-refractivity contribution >= 4 is 5.97 Å². The molecule has 0 aliphatic rings. The first-order chi connectivity index (χ1) is 9.08. The van der Waals surface area contributed by atoms with Crippen molar-refractivity contribution in [2.75, 3.05) is 0 Å². The van der Waals surface area contributed by atoms with E-state index >= 15 is 0 Å². The molecule has 5 heteroatoms. The van der Waals surface area contributed by atoms with Gasteiger partial charge in [0.25, 0.3) is 0 Å². The fraction of sp³-hybridized carbons (Fsp3) is 0.357. The topological polar surface area (TPSA) is 68.0 Å². The summed E-state index contributed by atoms with van der Waals surface area (Å²) < 4.78 is 1.71. The average Bonchev–Trinajstić information content (AvgIpc) is 2.82. The second kappa shape index (κ2) is 5.65. The Morgan fingerprint density at radius 2 is 2.05 bits per heavy atom. The number of aromatic nitrogens is 3. The molecule has 2 aromatic rings. The van der Waals surface area contributed by atoms with Gasteiger partial charge in [-0.25, -0.2) is 4.79 Å². The van der Waals surface area contributed by atoms with Crippen LogP contribution in [0.1, 0.15) is 30.6 Å². The molecule has 0 radical (unpaired) electrons. The molecular formula is C14H17N3O2. The number of aromatic carboxylic acids is 1. The lowest BCUT2D eigenvalue weighted by atomic mass is 10.1. The summed E-state index contributed by atoms with van der Waals surface area (Å²) in [5, 5.41) is 13.6. The fourth-order valence-corrected chi connectivity index (χ4v) is 1.81.